The summed E-state index contributed by atoms with van der Waals surface area (Å²) in [5, 5.41) is 7.35. The first-order chi connectivity index (χ1) is 10.7. The van der Waals surface area contributed by atoms with Gasteiger partial charge in [-0.25, -0.2) is 15.0 Å². The third-order valence-electron chi connectivity index (χ3n) is 2.84. The maximum atomic E-state index is 5.96. The summed E-state index contributed by atoms with van der Waals surface area (Å²) in [6.07, 6.45) is 4.96. The van der Waals surface area contributed by atoms with Crippen molar-refractivity contribution in [3.8, 4) is 0 Å². The van der Waals surface area contributed by atoms with Crippen molar-refractivity contribution in [1.29, 1.82) is 0 Å². The number of amidine groups is 1. The smallest absolute Gasteiger partial charge is 0.201 e. The van der Waals surface area contributed by atoms with Gasteiger partial charge >= 0.3 is 0 Å². The molecule has 1 aromatic heterocycles. The number of nitrogens with one attached hydrogen (secondary N) is 2. The van der Waals surface area contributed by atoms with Crippen LogP contribution in [-0.4, -0.2) is 28.3 Å². The number of halogens is 2. The maximum Gasteiger partial charge on any atom is 0.201 e. The average molecular weight is 335 g/mol. The maximum absolute atomic E-state index is 5.96. The van der Waals surface area contributed by atoms with E-state index in [4.69, 9.17) is 23.2 Å². The lowest BCUT2D eigenvalue weighted by atomic mass is 10.3. The van der Waals surface area contributed by atoms with Gasteiger partial charge in [0.15, 0.2) is 0 Å². The molecule has 2 N–H and O–H groups in total. The minimum Gasteiger partial charge on any atom is -0.326 e. The molecule has 0 bridgehead atoms. The zero-order valence-electron chi connectivity index (χ0n) is 11.4. The first kappa shape index (κ1) is 14.7. The van der Waals surface area contributed by atoms with Crippen LogP contribution in [0.5, 0.6) is 0 Å². The molecule has 1 aromatic carbocycles. The standard InChI is InChI=1S/C14H12Cl2N6/c15-10-1-11(16)3-12(2-10)21-14-20-7-13(22-14)19-6-9-4-17-8-18-5-9/h1-5,8H,6-7H2,(H2,19,20,21,22). The number of rotatable bonds is 3. The number of hydrogen-bond donors (Lipinski definition) is 2. The van der Waals surface area contributed by atoms with Gasteiger partial charge in [0.1, 0.15) is 18.7 Å². The Bertz CT molecular complexity index is 709. The molecule has 3 rings (SSSR count). The van der Waals surface area contributed by atoms with Gasteiger partial charge in [0.25, 0.3) is 0 Å². The third kappa shape index (κ3) is 3.93. The lowest BCUT2D eigenvalue weighted by Gasteiger charge is -2.07. The molecule has 1 aliphatic heterocycles. The molecule has 0 amide bonds. The largest absolute Gasteiger partial charge is 0.326 e. The van der Waals surface area contributed by atoms with Crippen LogP contribution in [0.4, 0.5) is 5.69 Å². The van der Waals surface area contributed by atoms with Crippen LogP contribution in [0.1, 0.15) is 5.56 Å². The summed E-state index contributed by atoms with van der Waals surface area (Å²) in [4.78, 5) is 16.7. The normalized spacial score (nSPS) is 15.5. The molecule has 112 valence electrons. The Morgan fingerprint density at radius 1 is 1.14 bits per heavy atom. The second-order valence-corrected chi connectivity index (χ2v) is 5.46. The Morgan fingerprint density at radius 2 is 1.86 bits per heavy atom. The Hall–Kier alpha value is -2.18. The van der Waals surface area contributed by atoms with Crippen LogP contribution in [0.15, 0.2) is 46.9 Å². The third-order valence-corrected chi connectivity index (χ3v) is 3.28. The van der Waals surface area contributed by atoms with Gasteiger partial charge in [-0.2, -0.15) is 0 Å². The number of anilines is 1. The topological polar surface area (TPSA) is 74.6 Å². The van der Waals surface area contributed by atoms with Crippen molar-refractivity contribution >= 4 is 40.7 Å². The number of aliphatic imine (C=N–C) groups is 2. The Labute approximate surface area is 137 Å². The summed E-state index contributed by atoms with van der Waals surface area (Å²) in [7, 11) is 0. The molecule has 0 saturated heterocycles. The molecule has 0 radical (unpaired) electrons. The van der Waals surface area contributed by atoms with Crippen LogP contribution >= 0.6 is 23.2 Å². The molecule has 2 heterocycles. The molecule has 0 saturated carbocycles. The fourth-order valence-corrected chi connectivity index (χ4v) is 2.42. The van der Waals surface area contributed by atoms with E-state index >= 15 is 0 Å². The molecule has 22 heavy (non-hydrogen) atoms. The van der Waals surface area contributed by atoms with Gasteiger partial charge in [0.2, 0.25) is 5.96 Å². The summed E-state index contributed by atoms with van der Waals surface area (Å²) in [5.74, 6) is 1.39. The highest BCUT2D eigenvalue weighted by atomic mass is 35.5. The van der Waals surface area contributed by atoms with Crippen molar-refractivity contribution in [3.05, 3.63) is 52.5 Å². The highest BCUT2D eigenvalue weighted by Crippen LogP contribution is 2.22. The van der Waals surface area contributed by atoms with E-state index in [0.29, 0.717) is 29.1 Å². The van der Waals surface area contributed by atoms with Crippen LogP contribution < -0.4 is 10.6 Å². The van der Waals surface area contributed by atoms with Gasteiger partial charge in [-0.1, -0.05) is 23.2 Å². The van der Waals surface area contributed by atoms with Crippen molar-refractivity contribution in [2.45, 2.75) is 6.54 Å². The highest BCUT2D eigenvalue weighted by Gasteiger charge is 2.12. The van der Waals surface area contributed by atoms with Gasteiger partial charge in [0, 0.05) is 33.7 Å². The zero-order valence-corrected chi connectivity index (χ0v) is 12.9. The monoisotopic (exact) mass is 334 g/mol. The average Bonchev–Trinajstić information content (AvgIpc) is 2.93. The highest BCUT2D eigenvalue weighted by molar-refractivity contribution is 6.35. The molecule has 0 spiro atoms. The molecule has 2 aromatic rings. The van der Waals surface area contributed by atoms with Crippen molar-refractivity contribution < 1.29 is 0 Å². The van der Waals surface area contributed by atoms with E-state index in [-0.39, 0.29) is 0 Å². The van der Waals surface area contributed by atoms with Gasteiger partial charge in [-0.05, 0) is 18.2 Å². The van der Waals surface area contributed by atoms with Gasteiger partial charge in [-0.15, -0.1) is 0 Å². The zero-order chi connectivity index (χ0) is 15.4. The lowest BCUT2D eigenvalue weighted by molar-refractivity contribution is 0.994. The van der Waals surface area contributed by atoms with Gasteiger partial charge in [-0.3, -0.25) is 4.99 Å². The molecular formula is C14H12Cl2N6. The molecule has 0 aliphatic carbocycles. The van der Waals surface area contributed by atoms with E-state index in [9.17, 15) is 0 Å². The second kappa shape index (κ2) is 6.72. The van der Waals surface area contributed by atoms with Crippen LogP contribution in [-0.2, 0) is 6.54 Å². The van der Waals surface area contributed by atoms with Gasteiger partial charge < -0.3 is 10.6 Å². The summed E-state index contributed by atoms with van der Waals surface area (Å²) in [6.45, 7) is 0.999. The van der Waals surface area contributed by atoms with Crippen LogP contribution in [0.3, 0.4) is 0 Å². The Balaban J connectivity index is 1.60. The summed E-state index contributed by atoms with van der Waals surface area (Å²) in [6, 6.07) is 5.22. The van der Waals surface area contributed by atoms with E-state index in [1.807, 2.05) is 0 Å². The van der Waals surface area contributed by atoms with Crippen molar-refractivity contribution in [1.82, 2.24) is 15.3 Å². The minimum absolute atomic E-state index is 0.490. The van der Waals surface area contributed by atoms with Crippen molar-refractivity contribution in [2.75, 3.05) is 11.9 Å². The number of nitrogens with zero attached hydrogens (tertiary/aromatic N) is 4. The summed E-state index contributed by atoms with van der Waals surface area (Å²) in [5.41, 5.74) is 1.71. The van der Waals surface area contributed by atoms with E-state index in [2.05, 4.69) is 30.6 Å². The number of guanidine groups is 1. The number of aromatic nitrogens is 2. The molecule has 0 atom stereocenters. The van der Waals surface area contributed by atoms with E-state index < -0.39 is 0 Å². The molecular weight excluding hydrogens is 323 g/mol. The molecule has 0 fully saturated rings. The number of benzene rings is 1. The molecule has 1 aliphatic rings. The minimum atomic E-state index is 0.490. The van der Waals surface area contributed by atoms with Crippen LogP contribution in [0.2, 0.25) is 10.0 Å². The van der Waals surface area contributed by atoms with Gasteiger partial charge in [0.05, 0.1) is 6.54 Å². The van der Waals surface area contributed by atoms with E-state index in [1.54, 1.807) is 30.6 Å². The van der Waals surface area contributed by atoms with Crippen molar-refractivity contribution in [3.63, 3.8) is 0 Å². The van der Waals surface area contributed by atoms with Crippen LogP contribution in [0.25, 0.3) is 0 Å². The first-order valence-corrected chi connectivity index (χ1v) is 7.26. The molecule has 6 nitrogen and oxygen atoms in total. The van der Waals surface area contributed by atoms with Crippen LogP contribution in [0, 0.1) is 0 Å². The van der Waals surface area contributed by atoms with E-state index in [1.165, 1.54) is 6.33 Å². The van der Waals surface area contributed by atoms with Crippen molar-refractivity contribution in [2.24, 2.45) is 9.98 Å². The predicted octanol–water partition coefficient (Wildman–Crippen LogP) is 2.75. The second-order valence-electron chi connectivity index (χ2n) is 4.58. The molecule has 0 unspecified atom stereocenters. The summed E-state index contributed by atoms with van der Waals surface area (Å²) < 4.78 is 0. The quantitative estimate of drug-likeness (QED) is 0.904. The number of hydrogen-bond acceptors (Lipinski definition) is 5. The Kier molecular flexibility index (Phi) is 4.50. The van der Waals surface area contributed by atoms with E-state index in [0.717, 1.165) is 17.1 Å². The summed E-state index contributed by atoms with van der Waals surface area (Å²) >= 11 is 11.9. The fraction of sp³-hybridized carbons (Fsp3) is 0.143. The fourth-order valence-electron chi connectivity index (χ4n) is 1.89. The predicted molar refractivity (Wildman–Crippen MR) is 88.7 cm³/mol. The first-order valence-electron chi connectivity index (χ1n) is 6.51. The lowest BCUT2D eigenvalue weighted by Crippen LogP contribution is -2.30. The SMILES string of the molecule is Clc1cc(Cl)cc(NC2=NCC(=NCc3cncnc3)N2)c1. The molecule has 8 heteroatoms. The Morgan fingerprint density at radius 3 is 2.59 bits per heavy atom.